The van der Waals surface area contributed by atoms with E-state index in [-0.39, 0.29) is 16.9 Å². The SMILES string of the molecule is CN(C)C1(CNC(=O)CC2(CS)CC2)CCCC1. The van der Waals surface area contributed by atoms with Gasteiger partial charge in [-0.3, -0.25) is 4.79 Å². The van der Waals surface area contributed by atoms with E-state index in [9.17, 15) is 4.79 Å². The quantitative estimate of drug-likeness (QED) is 0.724. The summed E-state index contributed by atoms with van der Waals surface area (Å²) >= 11 is 4.35. The van der Waals surface area contributed by atoms with Gasteiger partial charge < -0.3 is 10.2 Å². The van der Waals surface area contributed by atoms with Gasteiger partial charge in [0.2, 0.25) is 5.91 Å². The molecule has 0 aromatic heterocycles. The zero-order chi connectivity index (χ0) is 13.2. The van der Waals surface area contributed by atoms with Gasteiger partial charge in [-0.1, -0.05) is 12.8 Å². The number of hydrogen-bond donors (Lipinski definition) is 2. The van der Waals surface area contributed by atoms with Crippen LogP contribution in [-0.4, -0.2) is 42.7 Å². The summed E-state index contributed by atoms with van der Waals surface area (Å²) in [5.41, 5.74) is 0.432. The summed E-state index contributed by atoms with van der Waals surface area (Å²) in [5, 5.41) is 3.16. The zero-order valence-corrected chi connectivity index (χ0v) is 12.6. The minimum absolute atomic E-state index is 0.202. The average Bonchev–Trinajstić information content (AvgIpc) is 2.93. The highest BCUT2D eigenvalue weighted by Crippen LogP contribution is 2.49. The van der Waals surface area contributed by atoms with Crippen molar-refractivity contribution in [3.8, 4) is 0 Å². The third-order valence-corrected chi connectivity index (χ3v) is 5.60. The van der Waals surface area contributed by atoms with Gasteiger partial charge in [-0.2, -0.15) is 12.6 Å². The molecule has 0 aromatic carbocycles. The predicted molar refractivity (Wildman–Crippen MR) is 78.0 cm³/mol. The second-order valence-electron chi connectivity index (χ2n) is 6.44. The lowest BCUT2D eigenvalue weighted by atomic mass is 9.95. The Morgan fingerprint density at radius 3 is 2.28 bits per heavy atom. The van der Waals surface area contributed by atoms with E-state index in [1.165, 1.54) is 38.5 Å². The van der Waals surface area contributed by atoms with Crippen molar-refractivity contribution >= 4 is 18.5 Å². The maximum atomic E-state index is 12.0. The highest BCUT2D eigenvalue weighted by molar-refractivity contribution is 7.80. The van der Waals surface area contributed by atoms with Crippen molar-refractivity contribution in [2.24, 2.45) is 5.41 Å². The van der Waals surface area contributed by atoms with E-state index < -0.39 is 0 Å². The fraction of sp³-hybridized carbons (Fsp3) is 0.929. The number of likely N-dealkylation sites (N-methyl/N-ethyl adjacent to an activating group) is 1. The van der Waals surface area contributed by atoms with Crippen LogP contribution in [0, 0.1) is 5.41 Å². The molecule has 0 aromatic rings. The first-order valence-corrected chi connectivity index (χ1v) is 7.70. The van der Waals surface area contributed by atoms with Crippen molar-refractivity contribution in [3.63, 3.8) is 0 Å². The van der Waals surface area contributed by atoms with Crippen LogP contribution < -0.4 is 5.32 Å². The number of rotatable bonds is 6. The number of amides is 1. The van der Waals surface area contributed by atoms with Crippen molar-refractivity contribution in [3.05, 3.63) is 0 Å². The Morgan fingerprint density at radius 2 is 1.83 bits per heavy atom. The minimum Gasteiger partial charge on any atom is -0.354 e. The van der Waals surface area contributed by atoms with Crippen LogP contribution in [-0.2, 0) is 4.79 Å². The van der Waals surface area contributed by atoms with E-state index in [2.05, 4.69) is 36.9 Å². The monoisotopic (exact) mass is 270 g/mol. The molecule has 2 rings (SSSR count). The van der Waals surface area contributed by atoms with Gasteiger partial charge >= 0.3 is 0 Å². The van der Waals surface area contributed by atoms with Gasteiger partial charge in [0.1, 0.15) is 0 Å². The fourth-order valence-corrected chi connectivity index (χ4v) is 3.48. The van der Waals surface area contributed by atoms with Gasteiger partial charge in [0.05, 0.1) is 0 Å². The van der Waals surface area contributed by atoms with Crippen molar-refractivity contribution < 1.29 is 4.79 Å². The molecule has 3 nitrogen and oxygen atoms in total. The molecule has 0 bridgehead atoms. The molecule has 0 saturated heterocycles. The summed E-state index contributed by atoms with van der Waals surface area (Å²) in [6.45, 7) is 0.807. The highest BCUT2D eigenvalue weighted by Gasteiger charge is 2.43. The Morgan fingerprint density at radius 1 is 1.22 bits per heavy atom. The van der Waals surface area contributed by atoms with Crippen LogP contribution in [0.3, 0.4) is 0 Å². The zero-order valence-electron chi connectivity index (χ0n) is 11.7. The molecule has 2 aliphatic carbocycles. The maximum absolute atomic E-state index is 12.0. The Balaban J connectivity index is 1.81. The average molecular weight is 270 g/mol. The third-order valence-electron chi connectivity index (χ3n) is 4.93. The van der Waals surface area contributed by atoms with Gasteiger partial charge in [-0.05, 0) is 50.9 Å². The van der Waals surface area contributed by atoms with Gasteiger partial charge in [-0.25, -0.2) is 0 Å². The van der Waals surface area contributed by atoms with Crippen molar-refractivity contribution in [1.82, 2.24) is 10.2 Å². The van der Waals surface area contributed by atoms with Gasteiger partial charge in [0.25, 0.3) is 0 Å². The Hall–Kier alpha value is -0.220. The normalized spacial score (nSPS) is 24.2. The molecular weight excluding hydrogens is 244 g/mol. The van der Waals surface area contributed by atoms with E-state index >= 15 is 0 Å². The number of thiol groups is 1. The number of carbonyl (C=O) groups is 1. The number of nitrogens with one attached hydrogen (secondary N) is 1. The van der Waals surface area contributed by atoms with Gasteiger partial charge in [0, 0.05) is 18.5 Å². The lowest BCUT2D eigenvalue weighted by molar-refractivity contribution is -0.122. The number of carbonyl (C=O) groups excluding carboxylic acids is 1. The molecule has 0 aliphatic heterocycles. The van der Waals surface area contributed by atoms with E-state index in [1.54, 1.807) is 0 Å². The molecule has 18 heavy (non-hydrogen) atoms. The Labute approximate surface area is 116 Å². The highest BCUT2D eigenvalue weighted by atomic mass is 32.1. The van der Waals surface area contributed by atoms with Gasteiger partial charge in [0.15, 0.2) is 0 Å². The summed E-state index contributed by atoms with van der Waals surface area (Å²) in [6.07, 6.45) is 7.99. The lowest BCUT2D eigenvalue weighted by Crippen LogP contribution is -2.51. The molecule has 0 spiro atoms. The topological polar surface area (TPSA) is 32.3 Å². The second kappa shape index (κ2) is 5.41. The van der Waals surface area contributed by atoms with Crippen LogP contribution >= 0.6 is 12.6 Å². The van der Waals surface area contributed by atoms with E-state index in [1.807, 2.05) is 0 Å². The van der Waals surface area contributed by atoms with E-state index in [0.717, 1.165) is 12.3 Å². The standard InChI is InChI=1S/C14H26N2OS/c1-16(2)14(5-3-4-6-14)10-15-12(17)9-13(11-18)7-8-13/h18H,3-11H2,1-2H3,(H,15,17). The number of nitrogens with zero attached hydrogens (tertiary/aromatic N) is 1. The van der Waals surface area contributed by atoms with Crippen molar-refractivity contribution in [1.29, 1.82) is 0 Å². The molecule has 4 heteroatoms. The predicted octanol–water partition coefficient (Wildman–Crippen LogP) is 2.08. The first-order chi connectivity index (χ1) is 8.52. The van der Waals surface area contributed by atoms with Crippen LogP contribution in [0.1, 0.15) is 44.9 Å². The second-order valence-corrected chi connectivity index (χ2v) is 6.75. The first kappa shape index (κ1) is 14.2. The molecule has 0 unspecified atom stereocenters. The fourth-order valence-electron chi connectivity index (χ4n) is 3.05. The largest absolute Gasteiger partial charge is 0.354 e. The van der Waals surface area contributed by atoms with Crippen LogP contribution in [0.15, 0.2) is 0 Å². The molecule has 2 fully saturated rings. The summed E-state index contributed by atoms with van der Waals surface area (Å²) in [7, 11) is 4.27. The number of hydrogen-bond acceptors (Lipinski definition) is 3. The molecule has 2 saturated carbocycles. The molecule has 0 radical (unpaired) electrons. The summed E-state index contributed by atoms with van der Waals surface area (Å²) < 4.78 is 0. The summed E-state index contributed by atoms with van der Waals surface area (Å²) in [5.74, 6) is 1.06. The molecule has 1 N–H and O–H groups in total. The van der Waals surface area contributed by atoms with Crippen molar-refractivity contribution in [2.45, 2.75) is 50.5 Å². The molecule has 104 valence electrons. The van der Waals surface area contributed by atoms with Crippen LogP contribution in [0.5, 0.6) is 0 Å². The first-order valence-electron chi connectivity index (χ1n) is 7.07. The molecular formula is C14H26N2OS. The Bertz CT molecular complexity index is 307. The molecule has 1 amide bonds. The van der Waals surface area contributed by atoms with E-state index in [0.29, 0.717) is 6.42 Å². The Kier molecular flexibility index (Phi) is 4.27. The van der Waals surface area contributed by atoms with E-state index in [4.69, 9.17) is 0 Å². The van der Waals surface area contributed by atoms with Gasteiger partial charge in [-0.15, -0.1) is 0 Å². The maximum Gasteiger partial charge on any atom is 0.220 e. The molecule has 2 aliphatic rings. The third kappa shape index (κ3) is 3.02. The van der Waals surface area contributed by atoms with Crippen LogP contribution in [0.4, 0.5) is 0 Å². The van der Waals surface area contributed by atoms with Crippen molar-refractivity contribution in [2.75, 3.05) is 26.4 Å². The summed E-state index contributed by atoms with van der Waals surface area (Å²) in [6, 6.07) is 0. The lowest BCUT2D eigenvalue weighted by Gasteiger charge is -2.36. The minimum atomic E-state index is 0.202. The smallest absolute Gasteiger partial charge is 0.220 e. The van der Waals surface area contributed by atoms with Crippen LogP contribution in [0.25, 0.3) is 0 Å². The molecule has 0 atom stereocenters. The van der Waals surface area contributed by atoms with Crippen LogP contribution in [0.2, 0.25) is 0 Å². The summed E-state index contributed by atoms with van der Waals surface area (Å²) in [4.78, 5) is 14.3. The molecule has 0 heterocycles.